The van der Waals surface area contributed by atoms with E-state index in [1.807, 2.05) is 4.90 Å². The van der Waals surface area contributed by atoms with Crippen molar-refractivity contribution in [1.29, 1.82) is 0 Å². The molecule has 7 heteroatoms. The van der Waals surface area contributed by atoms with E-state index in [2.05, 4.69) is 10.5 Å². The highest BCUT2D eigenvalue weighted by Gasteiger charge is 2.23. The summed E-state index contributed by atoms with van der Waals surface area (Å²) in [6.45, 7) is 3.78. The average Bonchev–Trinajstić information content (AvgIpc) is 2.93. The van der Waals surface area contributed by atoms with Crippen LogP contribution in [0.25, 0.3) is 0 Å². The second-order valence-electron chi connectivity index (χ2n) is 5.52. The molecule has 1 saturated heterocycles. The molecule has 0 aliphatic carbocycles. The summed E-state index contributed by atoms with van der Waals surface area (Å²) < 4.78 is 23.6. The van der Waals surface area contributed by atoms with Gasteiger partial charge < -0.3 is 14.6 Å². The number of morpholine rings is 1. The number of ether oxygens (including phenoxy) is 1. The van der Waals surface area contributed by atoms with E-state index in [1.165, 1.54) is 12.1 Å². The summed E-state index contributed by atoms with van der Waals surface area (Å²) in [6.07, 6.45) is -0.161. The van der Waals surface area contributed by atoms with E-state index in [9.17, 15) is 9.18 Å². The Labute approximate surface area is 133 Å². The highest BCUT2D eigenvalue weighted by Crippen LogP contribution is 2.22. The van der Waals surface area contributed by atoms with Crippen LogP contribution in [-0.4, -0.2) is 42.2 Å². The smallest absolute Gasteiger partial charge is 0.239 e. The lowest BCUT2D eigenvalue weighted by Crippen LogP contribution is -2.42. The first kappa shape index (κ1) is 15.6. The maximum absolute atomic E-state index is 13.0. The number of halogens is 1. The molecular formula is C16H18FN3O3. The Morgan fingerprint density at radius 2 is 2.22 bits per heavy atom. The van der Waals surface area contributed by atoms with Crippen molar-refractivity contribution in [2.75, 3.05) is 31.6 Å². The number of aromatic nitrogens is 1. The molecule has 1 aromatic carbocycles. The Morgan fingerprint density at radius 1 is 1.43 bits per heavy atom. The zero-order chi connectivity index (χ0) is 16.2. The number of nitrogens with zero attached hydrogens (tertiary/aromatic N) is 2. The van der Waals surface area contributed by atoms with E-state index < -0.39 is 0 Å². The van der Waals surface area contributed by atoms with Gasteiger partial charge in [-0.2, -0.15) is 0 Å². The third kappa shape index (κ3) is 4.14. The summed E-state index contributed by atoms with van der Waals surface area (Å²) in [7, 11) is 0. The minimum absolute atomic E-state index is 0.155. The zero-order valence-electron chi connectivity index (χ0n) is 12.8. The van der Waals surface area contributed by atoms with Gasteiger partial charge in [-0.15, -0.1) is 0 Å². The van der Waals surface area contributed by atoms with Gasteiger partial charge in [-0.25, -0.2) is 4.39 Å². The highest BCUT2D eigenvalue weighted by atomic mass is 19.1. The molecule has 1 atom stereocenters. The fourth-order valence-electron chi connectivity index (χ4n) is 2.54. The number of hydrogen-bond acceptors (Lipinski definition) is 5. The summed E-state index contributed by atoms with van der Waals surface area (Å²) in [5.41, 5.74) is 0.906. The molecule has 0 spiro atoms. The molecule has 1 amide bonds. The maximum atomic E-state index is 13.0. The fraction of sp³-hybridized carbons (Fsp3) is 0.375. The van der Waals surface area contributed by atoms with Crippen molar-refractivity contribution in [3.8, 4) is 0 Å². The number of anilines is 1. The zero-order valence-corrected chi connectivity index (χ0v) is 12.8. The van der Waals surface area contributed by atoms with Gasteiger partial charge in [-0.3, -0.25) is 9.69 Å². The Balaban J connectivity index is 1.55. The fourth-order valence-corrected chi connectivity index (χ4v) is 2.54. The molecule has 1 aromatic heterocycles. The molecule has 6 nitrogen and oxygen atoms in total. The molecule has 1 unspecified atom stereocenters. The largest absolute Gasteiger partial charge is 0.371 e. The van der Waals surface area contributed by atoms with Gasteiger partial charge in [0.05, 0.1) is 19.3 Å². The second kappa shape index (κ2) is 6.89. The lowest BCUT2D eigenvalue weighted by Gasteiger charge is -2.32. The first-order chi connectivity index (χ1) is 11.1. The molecule has 3 rings (SSSR count). The van der Waals surface area contributed by atoms with Crippen molar-refractivity contribution in [3.63, 3.8) is 0 Å². The third-order valence-electron chi connectivity index (χ3n) is 3.66. The van der Waals surface area contributed by atoms with E-state index in [4.69, 9.17) is 9.26 Å². The molecule has 0 bridgehead atoms. The predicted octanol–water partition coefficient (Wildman–Crippen LogP) is 2.13. The van der Waals surface area contributed by atoms with Crippen molar-refractivity contribution >= 4 is 11.7 Å². The van der Waals surface area contributed by atoms with E-state index in [1.54, 1.807) is 25.1 Å². The molecule has 1 N–H and O–H groups in total. The van der Waals surface area contributed by atoms with Crippen molar-refractivity contribution in [1.82, 2.24) is 10.1 Å². The minimum atomic E-state index is -0.274. The standard InChI is InChI=1S/C16H18FN3O3/c1-11-8-15(19-23-11)18-16(21)10-20-6-7-22-14(9-20)12-2-4-13(17)5-3-12/h2-5,8,14H,6-7,9-10H2,1H3,(H,18,19,21). The monoisotopic (exact) mass is 319 g/mol. The maximum Gasteiger partial charge on any atom is 0.239 e. The predicted molar refractivity (Wildman–Crippen MR) is 81.4 cm³/mol. The van der Waals surface area contributed by atoms with Gasteiger partial charge in [0.1, 0.15) is 11.6 Å². The van der Waals surface area contributed by atoms with Gasteiger partial charge in [0, 0.05) is 19.2 Å². The van der Waals surface area contributed by atoms with Crippen LogP contribution in [0, 0.1) is 12.7 Å². The van der Waals surface area contributed by atoms with Crippen LogP contribution in [-0.2, 0) is 9.53 Å². The van der Waals surface area contributed by atoms with Crippen LogP contribution in [0.1, 0.15) is 17.4 Å². The van der Waals surface area contributed by atoms with Crippen molar-refractivity contribution in [2.45, 2.75) is 13.0 Å². The van der Waals surface area contributed by atoms with Crippen molar-refractivity contribution in [2.24, 2.45) is 0 Å². The van der Waals surface area contributed by atoms with Crippen LogP contribution in [0.4, 0.5) is 10.2 Å². The quantitative estimate of drug-likeness (QED) is 0.935. The van der Waals surface area contributed by atoms with Crippen LogP contribution in [0.2, 0.25) is 0 Å². The molecule has 2 heterocycles. The first-order valence-corrected chi connectivity index (χ1v) is 7.43. The van der Waals surface area contributed by atoms with Gasteiger partial charge in [0.2, 0.25) is 5.91 Å². The van der Waals surface area contributed by atoms with Gasteiger partial charge >= 0.3 is 0 Å². The number of benzene rings is 1. The van der Waals surface area contributed by atoms with Gasteiger partial charge in [-0.05, 0) is 24.6 Å². The molecule has 1 aliphatic rings. The van der Waals surface area contributed by atoms with Crippen LogP contribution >= 0.6 is 0 Å². The summed E-state index contributed by atoms with van der Waals surface area (Å²) in [4.78, 5) is 14.1. The van der Waals surface area contributed by atoms with Gasteiger partial charge in [0.25, 0.3) is 0 Å². The summed E-state index contributed by atoms with van der Waals surface area (Å²) >= 11 is 0. The van der Waals surface area contributed by atoms with Gasteiger partial charge in [0.15, 0.2) is 5.82 Å². The van der Waals surface area contributed by atoms with Crippen molar-refractivity contribution < 1.29 is 18.4 Å². The number of carbonyl (C=O) groups excluding carboxylic acids is 1. The molecule has 0 radical (unpaired) electrons. The van der Waals surface area contributed by atoms with Gasteiger partial charge in [-0.1, -0.05) is 17.3 Å². The summed E-state index contributed by atoms with van der Waals surface area (Å²) in [5.74, 6) is 0.626. The lowest BCUT2D eigenvalue weighted by atomic mass is 10.1. The summed E-state index contributed by atoms with van der Waals surface area (Å²) in [6, 6.07) is 7.91. The van der Waals surface area contributed by atoms with Crippen LogP contribution < -0.4 is 5.32 Å². The lowest BCUT2D eigenvalue weighted by molar-refractivity contribution is -0.119. The molecule has 23 heavy (non-hydrogen) atoms. The average molecular weight is 319 g/mol. The summed E-state index contributed by atoms with van der Waals surface area (Å²) in [5, 5.41) is 6.43. The number of nitrogens with one attached hydrogen (secondary N) is 1. The number of carbonyl (C=O) groups is 1. The molecular weight excluding hydrogens is 301 g/mol. The molecule has 1 fully saturated rings. The molecule has 1 aliphatic heterocycles. The normalized spacial score (nSPS) is 18.8. The van der Waals surface area contributed by atoms with E-state index in [0.29, 0.717) is 31.3 Å². The first-order valence-electron chi connectivity index (χ1n) is 7.43. The van der Waals surface area contributed by atoms with E-state index in [0.717, 1.165) is 5.56 Å². The van der Waals surface area contributed by atoms with Crippen LogP contribution in [0.5, 0.6) is 0 Å². The number of aryl methyl sites for hydroxylation is 1. The van der Waals surface area contributed by atoms with E-state index in [-0.39, 0.29) is 24.4 Å². The highest BCUT2D eigenvalue weighted by molar-refractivity contribution is 5.91. The Morgan fingerprint density at radius 3 is 2.91 bits per heavy atom. The molecule has 2 aromatic rings. The third-order valence-corrected chi connectivity index (χ3v) is 3.66. The number of rotatable bonds is 4. The molecule has 0 saturated carbocycles. The Hall–Kier alpha value is -2.25. The SMILES string of the molecule is Cc1cc(NC(=O)CN2CCOC(c3ccc(F)cc3)C2)no1. The Bertz CT molecular complexity index is 671. The van der Waals surface area contributed by atoms with Crippen LogP contribution in [0.15, 0.2) is 34.9 Å². The second-order valence-corrected chi connectivity index (χ2v) is 5.52. The van der Waals surface area contributed by atoms with E-state index >= 15 is 0 Å². The number of hydrogen-bond donors (Lipinski definition) is 1. The minimum Gasteiger partial charge on any atom is -0.371 e. The topological polar surface area (TPSA) is 67.6 Å². The van der Waals surface area contributed by atoms with Crippen LogP contribution in [0.3, 0.4) is 0 Å². The number of amides is 1. The molecule has 122 valence electrons. The Kier molecular flexibility index (Phi) is 4.68. The van der Waals surface area contributed by atoms with Crippen molar-refractivity contribution in [3.05, 3.63) is 47.5 Å².